The molecule has 0 saturated carbocycles. The first-order valence-electron chi connectivity index (χ1n) is 5.41. The predicted octanol–water partition coefficient (Wildman–Crippen LogP) is 0.802. The van der Waals surface area contributed by atoms with E-state index < -0.39 is 11.9 Å². The second-order valence-corrected chi connectivity index (χ2v) is 4.10. The second kappa shape index (κ2) is 4.53. The standard InChI is InChI=1S/C12H13FN2O2/c13-9-3-1-8(2-4-9)7-15-10(12(14)17)5-6-11(15)16/h1-4,10H,5-7H2,(H2,14,17)/t10-/m1/s1. The van der Waals surface area contributed by atoms with E-state index in [0.717, 1.165) is 5.56 Å². The van der Waals surface area contributed by atoms with Crippen LogP contribution in [0.3, 0.4) is 0 Å². The number of likely N-dealkylation sites (tertiary alicyclic amines) is 1. The second-order valence-electron chi connectivity index (χ2n) is 4.10. The third-order valence-corrected chi connectivity index (χ3v) is 2.92. The molecule has 90 valence electrons. The minimum Gasteiger partial charge on any atom is -0.368 e. The van der Waals surface area contributed by atoms with Crippen molar-refractivity contribution in [3.05, 3.63) is 35.6 Å². The molecule has 1 fully saturated rings. The number of rotatable bonds is 3. The van der Waals surface area contributed by atoms with E-state index in [1.54, 1.807) is 12.1 Å². The Hall–Kier alpha value is -1.91. The van der Waals surface area contributed by atoms with Gasteiger partial charge in [-0.05, 0) is 24.1 Å². The molecule has 0 aromatic heterocycles. The monoisotopic (exact) mass is 236 g/mol. The van der Waals surface area contributed by atoms with Gasteiger partial charge in [0.1, 0.15) is 11.9 Å². The normalized spacial score (nSPS) is 19.7. The molecule has 1 aromatic rings. The Morgan fingerprint density at radius 2 is 2.06 bits per heavy atom. The number of carbonyl (C=O) groups excluding carboxylic acids is 2. The zero-order chi connectivity index (χ0) is 12.4. The van der Waals surface area contributed by atoms with Gasteiger partial charge in [0.25, 0.3) is 0 Å². The topological polar surface area (TPSA) is 63.4 Å². The average Bonchev–Trinajstić information content (AvgIpc) is 2.64. The molecule has 1 saturated heterocycles. The minimum atomic E-state index is -0.535. The Morgan fingerprint density at radius 1 is 1.41 bits per heavy atom. The molecule has 0 radical (unpaired) electrons. The Bertz CT molecular complexity index is 444. The summed E-state index contributed by atoms with van der Waals surface area (Å²) in [6.45, 7) is 0.298. The van der Waals surface area contributed by atoms with E-state index in [4.69, 9.17) is 5.73 Å². The third-order valence-electron chi connectivity index (χ3n) is 2.92. The molecule has 1 atom stereocenters. The smallest absolute Gasteiger partial charge is 0.240 e. The quantitative estimate of drug-likeness (QED) is 0.843. The number of amides is 2. The zero-order valence-electron chi connectivity index (χ0n) is 9.23. The lowest BCUT2D eigenvalue weighted by atomic mass is 10.1. The Morgan fingerprint density at radius 3 is 2.65 bits per heavy atom. The highest BCUT2D eigenvalue weighted by molar-refractivity contribution is 5.89. The van der Waals surface area contributed by atoms with Gasteiger partial charge in [0.15, 0.2) is 0 Å². The molecular formula is C12H13FN2O2. The molecule has 1 aliphatic heterocycles. The number of halogens is 1. The van der Waals surface area contributed by atoms with Crippen LogP contribution in [0.25, 0.3) is 0 Å². The molecule has 0 spiro atoms. The summed E-state index contributed by atoms with van der Waals surface area (Å²) in [7, 11) is 0. The van der Waals surface area contributed by atoms with E-state index in [1.807, 2.05) is 0 Å². The Balaban J connectivity index is 2.13. The molecule has 2 amide bonds. The summed E-state index contributed by atoms with van der Waals surface area (Å²) in [6, 6.07) is 5.31. The molecule has 0 unspecified atom stereocenters. The van der Waals surface area contributed by atoms with E-state index in [-0.39, 0.29) is 11.7 Å². The number of benzene rings is 1. The van der Waals surface area contributed by atoms with Gasteiger partial charge in [-0.3, -0.25) is 9.59 Å². The van der Waals surface area contributed by atoms with Crippen molar-refractivity contribution in [2.24, 2.45) is 5.73 Å². The fourth-order valence-corrected chi connectivity index (χ4v) is 2.01. The van der Waals surface area contributed by atoms with Crippen molar-refractivity contribution >= 4 is 11.8 Å². The highest BCUT2D eigenvalue weighted by Crippen LogP contribution is 2.21. The first-order valence-corrected chi connectivity index (χ1v) is 5.41. The fraction of sp³-hybridized carbons (Fsp3) is 0.333. The maximum atomic E-state index is 12.7. The van der Waals surface area contributed by atoms with Crippen molar-refractivity contribution < 1.29 is 14.0 Å². The number of hydrogen-bond donors (Lipinski definition) is 1. The van der Waals surface area contributed by atoms with Crippen LogP contribution in [0.1, 0.15) is 18.4 Å². The molecule has 4 nitrogen and oxygen atoms in total. The molecular weight excluding hydrogens is 223 g/mol. The summed E-state index contributed by atoms with van der Waals surface area (Å²) in [5.41, 5.74) is 6.02. The summed E-state index contributed by atoms with van der Waals surface area (Å²) in [5.74, 6) is -0.899. The molecule has 17 heavy (non-hydrogen) atoms. The first kappa shape index (κ1) is 11.6. The summed E-state index contributed by atoms with van der Waals surface area (Å²) in [4.78, 5) is 24.2. The summed E-state index contributed by atoms with van der Waals surface area (Å²) in [5, 5.41) is 0. The van der Waals surface area contributed by atoms with E-state index in [9.17, 15) is 14.0 Å². The van der Waals surface area contributed by atoms with Gasteiger partial charge in [-0.25, -0.2) is 4.39 Å². The lowest BCUT2D eigenvalue weighted by Gasteiger charge is -2.22. The van der Waals surface area contributed by atoms with Crippen LogP contribution in [0.15, 0.2) is 24.3 Å². The Labute approximate surface area is 98.2 Å². The summed E-state index contributed by atoms with van der Waals surface area (Å²) < 4.78 is 12.7. The number of nitrogens with zero attached hydrogens (tertiary/aromatic N) is 1. The number of primary amides is 1. The van der Waals surface area contributed by atoms with Gasteiger partial charge < -0.3 is 10.6 Å². The van der Waals surface area contributed by atoms with E-state index >= 15 is 0 Å². The van der Waals surface area contributed by atoms with Gasteiger partial charge >= 0.3 is 0 Å². The van der Waals surface area contributed by atoms with E-state index in [2.05, 4.69) is 0 Å². The lowest BCUT2D eigenvalue weighted by Crippen LogP contribution is -2.41. The van der Waals surface area contributed by atoms with Crippen LogP contribution >= 0.6 is 0 Å². The van der Waals surface area contributed by atoms with E-state index in [1.165, 1.54) is 17.0 Å². The lowest BCUT2D eigenvalue weighted by molar-refractivity contribution is -0.134. The van der Waals surface area contributed by atoms with Gasteiger partial charge in [0.2, 0.25) is 11.8 Å². The average molecular weight is 236 g/mol. The summed E-state index contributed by atoms with van der Waals surface area (Å²) >= 11 is 0. The molecule has 1 aromatic carbocycles. The predicted molar refractivity (Wildman–Crippen MR) is 59.2 cm³/mol. The molecule has 1 aliphatic rings. The van der Waals surface area contributed by atoms with Crippen molar-refractivity contribution in [2.45, 2.75) is 25.4 Å². The Kier molecular flexibility index (Phi) is 3.08. The van der Waals surface area contributed by atoms with Crippen LogP contribution in [-0.2, 0) is 16.1 Å². The number of carbonyl (C=O) groups is 2. The van der Waals surface area contributed by atoms with Gasteiger partial charge in [0.05, 0.1) is 0 Å². The SMILES string of the molecule is NC(=O)[C@H]1CCC(=O)N1Cc1ccc(F)cc1. The maximum Gasteiger partial charge on any atom is 0.240 e. The molecule has 5 heteroatoms. The van der Waals surface area contributed by atoms with Crippen molar-refractivity contribution in [2.75, 3.05) is 0 Å². The van der Waals surface area contributed by atoms with Crippen LogP contribution in [0.5, 0.6) is 0 Å². The van der Waals surface area contributed by atoms with Gasteiger partial charge in [-0.2, -0.15) is 0 Å². The molecule has 0 aliphatic carbocycles. The van der Waals surface area contributed by atoms with E-state index in [0.29, 0.717) is 19.4 Å². The highest BCUT2D eigenvalue weighted by atomic mass is 19.1. The summed E-state index contributed by atoms with van der Waals surface area (Å²) in [6.07, 6.45) is 0.810. The van der Waals surface area contributed by atoms with Gasteiger partial charge in [0, 0.05) is 13.0 Å². The maximum absolute atomic E-state index is 12.7. The molecule has 1 heterocycles. The van der Waals surface area contributed by atoms with Crippen LogP contribution in [0.2, 0.25) is 0 Å². The van der Waals surface area contributed by atoms with Gasteiger partial charge in [-0.1, -0.05) is 12.1 Å². The zero-order valence-corrected chi connectivity index (χ0v) is 9.23. The van der Waals surface area contributed by atoms with Crippen LogP contribution in [0, 0.1) is 5.82 Å². The minimum absolute atomic E-state index is 0.0851. The molecule has 2 N–H and O–H groups in total. The van der Waals surface area contributed by atoms with Crippen LogP contribution < -0.4 is 5.73 Å². The highest BCUT2D eigenvalue weighted by Gasteiger charge is 2.34. The van der Waals surface area contributed by atoms with Crippen LogP contribution in [-0.4, -0.2) is 22.8 Å². The van der Waals surface area contributed by atoms with Crippen molar-refractivity contribution in [1.29, 1.82) is 0 Å². The largest absolute Gasteiger partial charge is 0.368 e. The van der Waals surface area contributed by atoms with Crippen molar-refractivity contribution in [3.8, 4) is 0 Å². The third kappa shape index (κ3) is 2.43. The van der Waals surface area contributed by atoms with Gasteiger partial charge in [-0.15, -0.1) is 0 Å². The van der Waals surface area contributed by atoms with Crippen molar-refractivity contribution in [1.82, 2.24) is 4.90 Å². The fourth-order valence-electron chi connectivity index (χ4n) is 2.01. The number of nitrogens with two attached hydrogens (primary N) is 1. The first-order chi connectivity index (χ1) is 8.08. The van der Waals surface area contributed by atoms with Crippen LogP contribution in [0.4, 0.5) is 4.39 Å². The molecule has 2 rings (SSSR count). The number of hydrogen-bond acceptors (Lipinski definition) is 2. The van der Waals surface area contributed by atoms with Crippen molar-refractivity contribution in [3.63, 3.8) is 0 Å². The molecule has 0 bridgehead atoms.